The molecule has 0 aliphatic rings. The number of amides is 1. The van der Waals surface area contributed by atoms with Crippen LogP contribution in [0, 0.1) is 0 Å². The van der Waals surface area contributed by atoms with Crippen LogP contribution in [0.3, 0.4) is 0 Å². The van der Waals surface area contributed by atoms with Gasteiger partial charge in [0.25, 0.3) is 0 Å². The predicted molar refractivity (Wildman–Crippen MR) is 90.4 cm³/mol. The first-order valence-corrected chi connectivity index (χ1v) is 7.51. The summed E-state index contributed by atoms with van der Waals surface area (Å²) in [6.45, 7) is 0.430. The molecular formula is C16H15N7O. The van der Waals surface area contributed by atoms with Crippen molar-refractivity contribution >= 4 is 28.4 Å². The third-order valence-corrected chi connectivity index (χ3v) is 3.78. The first kappa shape index (κ1) is 14.2. The SMILES string of the molecule is NC(=O)CCNc1c(-c2ccc3[nH]ncc3c2)nc2ncccn12. The lowest BCUT2D eigenvalue weighted by molar-refractivity contribution is -0.117. The molecule has 1 amide bonds. The number of nitrogens with one attached hydrogen (secondary N) is 2. The molecule has 3 heterocycles. The number of carbonyl (C=O) groups excluding carboxylic acids is 1. The molecule has 0 saturated heterocycles. The number of rotatable bonds is 5. The Kier molecular flexibility index (Phi) is 3.34. The molecule has 4 aromatic rings. The number of nitrogens with two attached hydrogens (primary N) is 1. The van der Waals surface area contributed by atoms with Crippen LogP contribution in [0.5, 0.6) is 0 Å². The van der Waals surface area contributed by atoms with Crippen molar-refractivity contribution in [2.45, 2.75) is 6.42 Å². The van der Waals surface area contributed by atoms with E-state index in [1.807, 2.05) is 34.9 Å². The van der Waals surface area contributed by atoms with E-state index in [1.54, 1.807) is 12.4 Å². The fourth-order valence-electron chi connectivity index (χ4n) is 2.65. The van der Waals surface area contributed by atoms with Gasteiger partial charge in [0.1, 0.15) is 11.5 Å². The average molecular weight is 321 g/mol. The molecule has 0 spiro atoms. The van der Waals surface area contributed by atoms with E-state index >= 15 is 0 Å². The summed E-state index contributed by atoms with van der Waals surface area (Å²) in [5.41, 5.74) is 7.89. The number of H-pyrrole nitrogens is 1. The topological polar surface area (TPSA) is 114 Å². The second kappa shape index (κ2) is 5.65. The van der Waals surface area contributed by atoms with Crippen LogP contribution in [-0.4, -0.2) is 37.0 Å². The summed E-state index contributed by atoms with van der Waals surface area (Å²) in [5, 5.41) is 11.2. The molecule has 1 aromatic carbocycles. The number of aromatic amines is 1. The number of benzene rings is 1. The monoisotopic (exact) mass is 321 g/mol. The van der Waals surface area contributed by atoms with Gasteiger partial charge in [-0.05, 0) is 18.2 Å². The number of anilines is 1. The van der Waals surface area contributed by atoms with Gasteiger partial charge in [-0.25, -0.2) is 9.97 Å². The summed E-state index contributed by atoms with van der Waals surface area (Å²) in [6, 6.07) is 7.78. The Morgan fingerprint density at radius 2 is 2.29 bits per heavy atom. The molecule has 0 bridgehead atoms. The first-order valence-electron chi connectivity index (χ1n) is 7.51. The molecule has 0 saturated carbocycles. The number of hydrogen-bond acceptors (Lipinski definition) is 5. The van der Waals surface area contributed by atoms with Crippen molar-refractivity contribution in [2.75, 3.05) is 11.9 Å². The summed E-state index contributed by atoms with van der Waals surface area (Å²) in [5.74, 6) is 1.01. The minimum atomic E-state index is -0.351. The maximum atomic E-state index is 11.0. The van der Waals surface area contributed by atoms with Gasteiger partial charge in [0.15, 0.2) is 0 Å². The second-order valence-corrected chi connectivity index (χ2v) is 5.41. The number of carbonyl (C=O) groups is 1. The highest BCUT2D eigenvalue weighted by Crippen LogP contribution is 2.30. The highest BCUT2D eigenvalue weighted by molar-refractivity contribution is 5.86. The molecular weight excluding hydrogens is 306 g/mol. The van der Waals surface area contributed by atoms with Crippen LogP contribution in [0.2, 0.25) is 0 Å². The Balaban J connectivity index is 1.81. The zero-order valence-electron chi connectivity index (χ0n) is 12.7. The molecule has 24 heavy (non-hydrogen) atoms. The fraction of sp³-hybridized carbons (Fsp3) is 0.125. The Morgan fingerprint density at radius 1 is 1.38 bits per heavy atom. The first-order chi connectivity index (χ1) is 11.7. The van der Waals surface area contributed by atoms with Gasteiger partial charge in [-0.15, -0.1) is 0 Å². The molecule has 0 atom stereocenters. The van der Waals surface area contributed by atoms with Crippen molar-refractivity contribution in [3.8, 4) is 11.3 Å². The molecule has 120 valence electrons. The number of hydrogen-bond donors (Lipinski definition) is 3. The number of aromatic nitrogens is 5. The molecule has 0 fully saturated rings. The van der Waals surface area contributed by atoms with E-state index in [2.05, 4.69) is 25.5 Å². The van der Waals surface area contributed by atoms with Gasteiger partial charge in [-0.1, -0.05) is 6.07 Å². The smallest absolute Gasteiger partial charge is 0.235 e. The van der Waals surface area contributed by atoms with E-state index in [0.717, 1.165) is 28.0 Å². The van der Waals surface area contributed by atoms with Gasteiger partial charge in [-0.3, -0.25) is 14.3 Å². The molecule has 4 rings (SSSR count). The van der Waals surface area contributed by atoms with E-state index in [1.165, 1.54) is 0 Å². The predicted octanol–water partition coefficient (Wildman–Crippen LogP) is 1.56. The molecule has 8 nitrogen and oxygen atoms in total. The minimum Gasteiger partial charge on any atom is -0.370 e. The largest absolute Gasteiger partial charge is 0.370 e. The molecule has 3 aromatic heterocycles. The number of primary amides is 1. The number of fused-ring (bicyclic) bond motifs is 2. The molecule has 8 heteroatoms. The third kappa shape index (κ3) is 2.43. The second-order valence-electron chi connectivity index (χ2n) is 5.41. The van der Waals surface area contributed by atoms with Crippen molar-refractivity contribution in [1.29, 1.82) is 0 Å². The minimum absolute atomic E-state index is 0.244. The number of nitrogens with zero attached hydrogens (tertiary/aromatic N) is 4. The quantitative estimate of drug-likeness (QED) is 0.516. The Labute approximate surface area is 136 Å². The summed E-state index contributed by atoms with van der Waals surface area (Å²) in [4.78, 5) is 19.9. The Bertz CT molecular complexity index is 1030. The van der Waals surface area contributed by atoms with Crippen molar-refractivity contribution in [3.63, 3.8) is 0 Å². The normalized spacial score (nSPS) is 11.2. The van der Waals surface area contributed by atoms with Gasteiger partial charge in [0.05, 0.1) is 11.7 Å². The molecule has 0 aliphatic heterocycles. The molecule has 4 N–H and O–H groups in total. The Morgan fingerprint density at radius 3 is 3.17 bits per heavy atom. The zero-order chi connectivity index (χ0) is 16.5. The van der Waals surface area contributed by atoms with Gasteiger partial charge in [0.2, 0.25) is 11.7 Å². The van der Waals surface area contributed by atoms with Crippen LogP contribution >= 0.6 is 0 Å². The van der Waals surface area contributed by atoms with Crippen LogP contribution in [-0.2, 0) is 4.79 Å². The van der Waals surface area contributed by atoms with Crippen LogP contribution in [0.25, 0.3) is 27.9 Å². The highest BCUT2D eigenvalue weighted by atomic mass is 16.1. The lowest BCUT2D eigenvalue weighted by atomic mass is 10.1. The molecule has 0 unspecified atom stereocenters. The van der Waals surface area contributed by atoms with Crippen LogP contribution in [0.15, 0.2) is 42.9 Å². The summed E-state index contributed by atoms with van der Waals surface area (Å²) < 4.78 is 1.86. The van der Waals surface area contributed by atoms with E-state index in [9.17, 15) is 4.79 Å². The van der Waals surface area contributed by atoms with E-state index in [4.69, 9.17) is 5.73 Å². The summed E-state index contributed by atoms with van der Waals surface area (Å²) in [7, 11) is 0. The summed E-state index contributed by atoms with van der Waals surface area (Å²) >= 11 is 0. The maximum Gasteiger partial charge on any atom is 0.235 e. The standard InChI is InChI=1S/C16H15N7O/c17-13(24)4-6-18-15-14(21-16-19-5-1-7-23(15)16)10-2-3-12-11(8-10)9-20-22-12/h1-3,5,7-9,18H,4,6H2,(H2,17,24)(H,20,22). The summed E-state index contributed by atoms with van der Waals surface area (Å²) in [6.07, 6.45) is 5.58. The van der Waals surface area contributed by atoms with Gasteiger partial charge in [0, 0.05) is 36.3 Å². The highest BCUT2D eigenvalue weighted by Gasteiger charge is 2.15. The van der Waals surface area contributed by atoms with Crippen LogP contribution in [0.4, 0.5) is 5.82 Å². The third-order valence-electron chi connectivity index (χ3n) is 3.78. The van der Waals surface area contributed by atoms with Gasteiger partial charge >= 0.3 is 0 Å². The lowest BCUT2D eigenvalue weighted by Crippen LogP contribution is -2.16. The van der Waals surface area contributed by atoms with Crippen molar-refractivity contribution < 1.29 is 4.79 Å². The van der Waals surface area contributed by atoms with E-state index < -0.39 is 0 Å². The van der Waals surface area contributed by atoms with E-state index in [-0.39, 0.29) is 12.3 Å². The van der Waals surface area contributed by atoms with Crippen molar-refractivity contribution in [3.05, 3.63) is 42.9 Å². The Hall–Kier alpha value is -3.42. The van der Waals surface area contributed by atoms with Gasteiger partial charge < -0.3 is 11.1 Å². The average Bonchev–Trinajstić information content (AvgIpc) is 3.18. The maximum absolute atomic E-state index is 11.0. The van der Waals surface area contributed by atoms with E-state index in [0.29, 0.717) is 12.3 Å². The molecule has 0 aliphatic carbocycles. The lowest BCUT2D eigenvalue weighted by Gasteiger charge is -2.07. The molecule has 0 radical (unpaired) electrons. The van der Waals surface area contributed by atoms with Gasteiger partial charge in [-0.2, -0.15) is 5.10 Å². The zero-order valence-corrected chi connectivity index (χ0v) is 12.7. The van der Waals surface area contributed by atoms with Crippen molar-refractivity contribution in [1.82, 2.24) is 24.6 Å². The van der Waals surface area contributed by atoms with Crippen LogP contribution < -0.4 is 11.1 Å². The van der Waals surface area contributed by atoms with Crippen LogP contribution in [0.1, 0.15) is 6.42 Å². The van der Waals surface area contributed by atoms with Crippen molar-refractivity contribution in [2.24, 2.45) is 5.73 Å². The fourth-order valence-corrected chi connectivity index (χ4v) is 2.65. The number of imidazole rings is 1.